The minimum atomic E-state index is -0.114. The summed E-state index contributed by atoms with van der Waals surface area (Å²) in [5.41, 5.74) is 7.83. The van der Waals surface area contributed by atoms with E-state index in [1.807, 2.05) is 31.4 Å². The number of nitrogens with two attached hydrogens (primary N) is 1. The van der Waals surface area contributed by atoms with E-state index in [2.05, 4.69) is 4.98 Å². The Morgan fingerprint density at radius 3 is 2.89 bits per heavy atom. The highest BCUT2D eigenvalue weighted by Gasteiger charge is 2.10. The Hall–Kier alpha value is -1.10. The first-order valence-corrected chi connectivity index (χ1v) is 6.91. The maximum Gasteiger partial charge on any atom is 0.140 e. The van der Waals surface area contributed by atoms with Gasteiger partial charge in [0.2, 0.25) is 0 Å². The van der Waals surface area contributed by atoms with E-state index in [1.54, 1.807) is 17.4 Å². The molecular formula is C13H15ClN2OS. The second-order valence-corrected chi connectivity index (χ2v) is 5.52. The Balaban J connectivity index is 2.13. The molecule has 0 saturated heterocycles. The molecule has 0 aliphatic rings. The Bertz CT molecular complexity index is 540. The van der Waals surface area contributed by atoms with Crippen molar-refractivity contribution in [3.8, 4) is 5.75 Å². The Morgan fingerprint density at radius 2 is 2.28 bits per heavy atom. The third-order valence-corrected chi connectivity index (χ3v) is 3.66. The van der Waals surface area contributed by atoms with Gasteiger partial charge >= 0.3 is 0 Å². The van der Waals surface area contributed by atoms with Gasteiger partial charge in [0.25, 0.3) is 0 Å². The molecule has 18 heavy (non-hydrogen) atoms. The monoisotopic (exact) mass is 282 g/mol. The summed E-state index contributed by atoms with van der Waals surface area (Å²) in [4.78, 5) is 4.35. The predicted molar refractivity (Wildman–Crippen MR) is 75.2 cm³/mol. The molecule has 2 aromatic rings. The maximum absolute atomic E-state index is 5.96. The summed E-state index contributed by atoms with van der Waals surface area (Å²) >= 11 is 7.55. The molecule has 0 saturated carbocycles. The molecule has 2 N–H and O–H groups in total. The van der Waals surface area contributed by atoms with Crippen molar-refractivity contribution in [2.24, 2.45) is 5.73 Å². The minimum absolute atomic E-state index is 0.114. The van der Waals surface area contributed by atoms with Gasteiger partial charge in [0.15, 0.2) is 0 Å². The number of aromatic nitrogens is 1. The Kier molecular flexibility index (Phi) is 4.22. The summed E-state index contributed by atoms with van der Waals surface area (Å²) in [6.07, 6.45) is 0. The molecule has 0 spiro atoms. The van der Waals surface area contributed by atoms with Gasteiger partial charge in [-0.1, -0.05) is 11.6 Å². The molecule has 1 atom stereocenters. The van der Waals surface area contributed by atoms with Crippen LogP contribution >= 0.6 is 22.9 Å². The topological polar surface area (TPSA) is 48.1 Å². The number of halogens is 1. The predicted octanol–water partition coefficient (Wildman–Crippen LogP) is 3.70. The van der Waals surface area contributed by atoms with Crippen LogP contribution in [0.15, 0.2) is 23.6 Å². The van der Waals surface area contributed by atoms with Crippen LogP contribution in [-0.2, 0) is 6.61 Å². The quantitative estimate of drug-likeness (QED) is 0.930. The standard InChI is InChI=1S/C13H15ClN2OS/c1-8-7-18-13(16-8)6-17-12-4-3-10(14)5-11(12)9(2)15/h3-5,7,9H,6,15H2,1-2H3/t9-/m1/s1. The summed E-state index contributed by atoms with van der Waals surface area (Å²) in [6, 6.07) is 5.38. The lowest BCUT2D eigenvalue weighted by atomic mass is 10.1. The largest absolute Gasteiger partial charge is 0.486 e. The molecule has 96 valence electrons. The third kappa shape index (κ3) is 3.22. The number of aryl methyl sites for hydroxylation is 1. The second kappa shape index (κ2) is 5.69. The highest BCUT2D eigenvalue weighted by atomic mass is 35.5. The average molecular weight is 283 g/mol. The zero-order valence-corrected chi connectivity index (χ0v) is 11.9. The van der Waals surface area contributed by atoms with E-state index in [4.69, 9.17) is 22.1 Å². The fraction of sp³-hybridized carbons (Fsp3) is 0.308. The van der Waals surface area contributed by atoms with Crippen molar-refractivity contribution in [2.75, 3.05) is 0 Å². The molecular weight excluding hydrogens is 268 g/mol. The van der Waals surface area contributed by atoms with Gasteiger partial charge in [0, 0.05) is 27.7 Å². The van der Waals surface area contributed by atoms with Gasteiger partial charge in [-0.3, -0.25) is 0 Å². The zero-order valence-electron chi connectivity index (χ0n) is 10.3. The number of nitrogens with zero attached hydrogens (tertiary/aromatic N) is 1. The maximum atomic E-state index is 5.96. The number of hydrogen-bond acceptors (Lipinski definition) is 4. The van der Waals surface area contributed by atoms with Gasteiger partial charge in [-0.25, -0.2) is 4.98 Å². The summed E-state index contributed by atoms with van der Waals surface area (Å²) < 4.78 is 5.76. The fourth-order valence-electron chi connectivity index (χ4n) is 1.62. The van der Waals surface area contributed by atoms with Gasteiger partial charge in [-0.15, -0.1) is 11.3 Å². The Labute approximate surface area is 116 Å². The van der Waals surface area contributed by atoms with Crippen LogP contribution in [0.3, 0.4) is 0 Å². The van der Waals surface area contributed by atoms with Gasteiger partial charge in [0.05, 0.1) is 0 Å². The minimum Gasteiger partial charge on any atom is -0.486 e. The molecule has 0 unspecified atom stereocenters. The molecule has 3 nitrogen and oxygen atoms in total. The zero-order chi connectivity index (χ0) is 13.1. The second-order valence-electron chi connectivity index (χ2n) is 4.14. The lowest BCUT2D eigenvalue weighted by molar-refractivity contribution is 0.300. The molecule has 0 aliphatic heterocycles. The molecule has 1 heterocycles. The van der Waals surface area contributed by atoms with Crippen LogP contribution in [0.25, 0.3) is 0 Å². The highest BCUT2D eigenvalue weighted by Crippen LogP contribution is 2.28. The number of ether oxygens (including phenoxy) is 1. The van der Waals surface area contributed by atoms with Crippen LogP contribution in [0.2, 0.25) is 5.02 Å². The lowest BCUT2D eigenvalue weighted by Crippen LogP contribution is -2.08. The number of rotatable bonds is 4. The van der Waals surface area contributed by atoms with E-state index in [9.17, 15) is 0 Å². The smallest absolute Gasteiger partial charge is 0.140 e. The molecule has 1 aromatic heterocycles. The van der Waals surface area contributed by atoms with Crippen LogP contribution in [0, 0.1) is 6.92 Å². The van der Waals surface area contributed by atoms with E-state index in [0.717, 1.165) is 22.0 Å². The molecule has 0 bridgehead atoms. The normalized spacial score (nSPS) is 12.4. The van der Waals surface area contributed by atoms with Crippen molar-refractivity contribution in [1.82, 2.24) is 4.98 Å². The van der Waals surface area contributed by atoms with E-state index >= 15 is 0 Å². The molecule has 2 rings (SSSR count). The average Bonchev–Trinajstić information content (AvgIpc) is 2.73. The third-order valence-electron chi connectivity index (χ3n) is 2.48. The summed E-state index contributed by atoms with van der Waals surface area (Å²) in [6.45, 7) is 4.33. The van der Waals surface area contributed by atoms with Crippen molar-refractivity contribution in [2.45, 2.75) is 26.5 Å². The molecule has 0 radical (unpaired) electrons. The van der Waals surface area contributed by atoms with Crippen LogP contribution in [0.4, 0.5) is 0 Å². The first-order valence-electron chi connectivity index (χ1n) is 5.65. The van der Waals surface area contributed by atoms with Gasteiger partial charge in [-0.05, 0) is 32.0 Å². The van der Waals surface area contributed by atoms with Gasteiger partial charge < -0.3 is 10.5 Å². The highest BCUT2D eigenvalue weighted by molar-refractivity contribution is 7.09. The number of thiazole rings is 1. The van der Waals surface area contributed by atoms with Crippen LogP contribution in [0.5, 0.6) is 5.75 Å². The van der Waals surface area contributed by atoms with Crippen molar-refractivity contribution in [1.29, 1.82) is 0 Å². The lowest BCUT2D eigenvalue weighted by Gasteiger charge is -2.13. The first-order chi connectivity index (χ1) is 8.56. The number of benzene rings is 1. The van der Waals surface area contributed by atoms with Crippen LogP contribution in [0.1, 0.15) is 29.2 Å². The summed E-state index contributed by atoms with van der Waals surface area (Å²) in [5.74, 6) is 0.766. The van der Waals surface area contributed by atoms with Crippen molar-refractivity contribution in [3.63, 3.8) is 0 Å². The molecule has 5 heteroatoms. The SMILES string of the molecule is Cc1csc(COc2ccc(Cl)cc2[C@@H](C)N)n1. The fourth-order valence-corrected chi connectivity index (χ4v) is 2.48. The first kappa shape index (κ1) is 13.3. The van der Waals surface area contributed by atoms with Crippen LogP contribution < -0.4 is 10.5 Å². The van der Waals surface area contributed by atoms with Crippen LogP contribution in [-0.4, -0.2) is 4.98 Å². The molecule has 0 aliphatic carbocycles. The van der Waals surface area contributed by atoms with E-state index in [1.165, 1.54) is 0 Å². The Morgan fingerprint density at radius 1 is 1.50 bits per heavy atom. The van der Waals surface area contributed by atoms with Crippen molar-refractivity contribution in [3.05, 3.63) is 44.9 Å². The summed E-state index contributed by atoms with van der Waals surface area (Å²) in [5, 5.41) is 3.63. The van der Waals surface area contributed by atoms with Crippen molar-refractivity contribution < 1.29 is 4.74 Å². The van der Waals surface area contributed by atoms with E-state index < -0.39 is 0 Å². The molecule has 0 fully saturated rings. The summed E-state index contributed by atoms with van der Waals surface area (Å²) in [7, 11) is 0. The molecule has 0 amide bonds. The van der Waals surface area contributed by atoms with E-state index in [0.29, 0.717) is 11.6 Å². The number of hydrogen-bond donors (Lipinski definition) is 1. The van der Waals surface area contributed by atoms with E-state index in [-0.39, 0.29) is 6.04 Å². The van der Waals surface area contributed by atoms with Gasteiger partial charge in [-0.2, -0.15) is 0 Å². The molecule has 1 aromatic carbocycles. The van der Waals surface area contributed by atoms with Crippen molar-refractivity contribution >= 4 is 22.9 Å². The van der Waals surface area contributed by atoms with Gasteiger partial charge in [0.1, 0.15) is 17.4 Å².